The Bertz CT molecular complexity index is 1510. The van der Waals surface area contributed by atoms with E-state index in [1.807, 2.05) is 54.7 Å². The average molecular weight is 519 g/mol. The lowest BCUT2D eigenvalue weighted by atomic mass is 9.94. The van der Waals surface area contributed by atoms with E-state index in [-0.39, 0.29) is 0 Å². The minimum absolute atomic E-state index is 0.581. The summed E-state index contributed by atoms with van der Waals surface area (Å²) in [4.78, 5) is 9.26. The van der Waals surface area contributed by atoms with Crippen LogP contribution in [0, 0.1) is 11.8 Å². The monoisotopic (exact) mass is 518 g/mol. The van der Waals surface area contributed by atoms with E-state index in [1.165, 1.54) is 22.4 Å². The van der Waals surface area contributed by atoms with Gasteiger partial charge in [0.05, 0.1) is 29.7 Å². The highest BCUT2D eigenvalue weighted by atomic mass is 16.5. The van der Waals surface area contributed by atoms with Crippen molar-refractivity contribution < 1.29 is 4.74 Å². The van der Waals surface area contributed by atoms with E-state index in [2.05, 4.69) is 85.9 Å². The van der Waals surface area contributed by atoms with Crippen molar-refractivity contribution in [3.8, 4) is 28.4 Å². The highest BCUT2D eigenvalue weighted by molar-refractivity contribution is 5.62. The minimum Gasteiger partial charge on any atom is -0.457 e. The van der Waals surface area contributed by atoms with Crippen LogP contribution in [0.25, 0.3) is 16.9 Å². The lowest BCUT2D eigenvalue weighted by molar-refractivity contribution is 0.482. The van der Waals surface area contributed by atoms with Crippen LogP contribution in [0.5, 0.6) is 11.5 Å². The van der Waals surface area contributed by atoms with Crippen molar-refractivity contribution in [2.75, 3.05) is 0 Å². The molecule has 0 aliphatic heterocycles. The fourth-order valence-corrected chi connectivity index (χ4v) is 5.12. The van der Waals surface area contributed by atoms with E-state index in [9.17, 15) is 0 Å². The maximum atomic E-state index is 6.28. The molecule has 5 aromatic rings. The molecular formula is C34H38N4O. The van der Waals surface area contributed by atoms with Gasteiger partial charge < -0.3 is 13.9 Å². The molecule has 0 fully saturated rings. The molecule has 200 valence electrons. The van der Waals surface area contributed by atoms with Crippen LogP contribution in [0.15, 0.2) is 91.8 Å². The normalized spacial score (nSPS) is 11.5. The van der Waals surface area contributed by atoms with Crippen LogP contribution >= 0.6 is 0 Å². The van der Waals surface area contributed by atoms with E-state index in [1.54, 1.807) is 0 Å². The Morgan fingerprint density at radius 3 is 2.08 bits per heavy atom. The summed E-state index contributed by atoms with van der Waals surface area (Å²) in [5.41, 5.74) is 8.18. The van der Waals surface area contributed by atoms with E-state index in [0.717, 1.165) is 47.7 Å². The molecule has 0 atom stereocenters. The molecular weight excluding hydrogens is 480 g/mol. The SMILES string of the molecule is CC(C)Cc1cccc(CC(C)C)c1-n1cnc(-c2cccc(Oc3cccc(Cc4cn(C)cn4)c3)c2)c1. The molecule has 5 rings (SSSR count). The summed E-state index contributed by atoms with van der Waals surface area (Å²) >= 11 is 0. The van der Waals surface area contributed by atoms with Gasteiger partial charge in [-0.15, -0.1) is 0 Å². The van der Waals surface area contributed by atoms with Crippen LogP contribution in [0.2, 0.25) is 0 Å². The van der Waals surface area contributed by atoms with Gasteiger partial charge in [0.15, 0.2) is 0 Å². The second-order valence-electron chi connectivity index (χ2n) is 11.3. The van der Waals surface area contributed by atoms with Crippen molar-refractivity contribution >= 4 is 0 Å². The molecule has 0 bridgehead atoms. The quantitative estimate of drug-likeness (QED) is 0.188. The highest BCUT2D eigenvalue weighted by Gasteiger charge is 2.15. The predicted octanol–water partition coefficient (Wildman–Crippen LogP) is 8.05. The number of nitrogens with zero attached hydrogens (tertiary/aromatic N) is 4. The Balaban J connectivity index is 1.39. The molecule has 0 spiro atoms. The van der Waals surface area contributed by atoms with E-state index < -0.39 is 0 Å². The first-order valence-corrected chi connectivity index (χ1v) is 13.8. The largest absolute Gasteiger partial charge is 0.457 e. The molecule has 0 aliphatic rings. The number of benzene rings is 3. The number of rotatable bonds is 10. The van der Waals surface area contributed by atoms with Gasteiger partial charge in [0.1, 0.15) is 11.5 Å². The first-order valence-electron chi connectivity index (χ1n) is 13.8. The Hall–Kier alpha value is -4.12. The lowest BCUT2D eigenvalue weighted by Gasteiger charge is -2.18. The molecule has 3 aromatic carbocycles. The molecule has 5 nitrogen and oxygen atoms in total. The van der Waals surface area contributed by atoms with E-state index >= 15 is 0 Å². The van der Waals surface area contributed by atoms with Crippen LogP contribution in [0.1, 0.15) is 50.1 Å². The van der Waals surface area contributed by atoms with Crippen molar-refractivity contribution in [1.82, 2.24) is 19.1 Å². The van der Waals surface area contributed by atoms with Crippen molar-refractivity contribution in [1.29, 1.82) is 0 Å². The van der Waals surface area contributed by atoms with Crippen LogP contribution in [0.3, 0.4) is 0 Å². The molecule has 0 radical (unpaired) electrons. The van der Waals surface area contributed by atoms with Crippen LogP contribution < -0.4 is 4.74 Å². The van der Waals surface area contributed by atoms with Gasteiger partial charge in [-0.25, -0.2) is 9.97 Å². The van der Waals surface area contributed by atoms with Gasteiger partial charge in [0, 0.05) is 31.4 Å². The smallest absolute Gasteiger partial charge is 0.128 e. The van der Waals surface area contributed by atoms with Crippen LogP contribution in [0.4, 0.5) is 0 Å². The molecule has 0 saturated carbocycles. The molecule has 5 heteroatoms. The van der Waals surface area contributed by atoms with Gasteiger partial charge >= 0.3 is 0 Å². The fraction of sp³-hybridized carbons (Fsp3) is 0.294. The van der Waals surface area contributed by atoms with Crippen molar-refractivity contribution in [3.05, 3.63) is 114 Å². The molecule has 0 amide bonds. The zero-order chi connectivity index (χ0) is 27.4. The maximum absolute atomic E-state index is 6.28. The van der Waals surface area contributed by atoms with Crippen molar-refractivity contribution in [2.45, 2.75) is 47.0 Å². The summed E-state index contributed by atoms with van der Waals surface area (Å²) in [6.07, 6.45) is 10.8. The molecule has 2 aromatic heterocycles. The number of aryl methyl sites for hydroxylation is 1. The van der Waals surface area contributed by atoms with Gasteiger partial charge in [0.25, 0.3) is 0 Å². The van der Waals surface area contributed by atoms with Crippen LogP contribution in [-0.4, -0.2) is 19.1 Å². The Morgan fingerprint density at radius 2 is 1.41 bits per heavy atom. The van der Waals surface area contributed by atoms with Crippen LogP contribution in [-0.2, 0) is 26.3 Å². The molecule has 0 N–H and O–H groups in total. The van der Waals surface area contributed by atoms with Crippen molar-refractivity contribution in [3.63, 3.8) is 0 Å². The summed E-state index contributed by atoms with van der Waals surface area (Å²) in [6.45, 7) is 9.10. The molecule has 0 aliphatic carbocycles. The Labute approximate surface area is 232 Å². The number of hydrogen-bond donors (Lipinski definition) is 0. The van der Waals surface area contributed by atoms with Gasteiger partial charge in [-0.05, 0) is 65.6 Å². The van der Waals surface area contributed by atoms with Crippen molar-refractivity contribution in [2.24, 2.45) is 18.9 Å². The zero-order valence-electron chi connectivity index (χ0n) is 23.6. The zero-order valence-corrected chi connectivity index (χ0v) is 23.6. The van der Waals surface area contributed by atoms with Gasteiger partial charge in [-0.3, -0.25) is 0 Å². The summed E-state index contributed by atoms with van der Waals surface area (Å²) in [5.74, 6) is 2.76. The Morgan fingerprint density at radius 1 is 0.744 bits per heavy atom. The number of imidazole rings is 2. The third-order valence-electron chi connectivity index (χ3n) is 6.71. The topological polar surface area (TPSA) is 44.9 Å². The Kier molecular flexibility index (Phi) is 7.97. The maximum Gasteiger partial charge on any atom is 0.128 e. The number of aromatic nitrogens is 4. The van der Waals surface area contributed by atoms with Gasteiger partial charge in [-0.1, -0.05) is 70.2 Å². The third-order valence-corrected chi connectivity index (χ3v) is 6.71. The number of ether oxygens (including phenoxy) is 1. The molecule has 39 heavy (non-hydrogen) atoms. The van der Waals surface area contributed by atoms with E-state index in [0.29, 0.717) is 11.8 Å². The third kappa shape index (κ3) is 6.66. The van der Waals surface area contributed by atoms with E-state index in [4.69, 9.17) is 9.72 Å². The van der Waals surface area contributed by atoms with Gasteiger partial charge in [-0.2, -0.15) is 0 Å². The number of para-hydroxylation sites is 1. The minimum atomic E-state index is 0.581. The molecule has 0 unspecified atom stereocenters. The predicted molar refractivity (Wildman–Crippen MR) is 159 cm³/mol. The van der Waals surface area contributed by atoms with Gasteiger partial charge in [0.2, 0.25) is 0 Å². The second-order valence-corrected chi connectivity index (χ2v) is 11.3. The standard InChI is InChI=1S/C34H38N4O/c1-24(2)15-28-11-7-12-29(16-25(3)4)34(28)38-21-33(36-23-38)27-10-8-14-32(19-27)39-31-13-6-9-26(18-31)17-30-20-37(5)22-35-30/h6-14,18-25H,15-17H2,1-5H3. The number of hydrogen-bond acceptors (Lipinski definition) is 3. The molecule has 2 heterocycles. The molecule has 0 saturated heterocycles. The summed E-state index contributed by atoms with van der Waals surface area (Å²) in [5, 5.41) is 0. The lowest BCUT2D eigenvalue weighted by Crippen LogP contribution is -2.07. The second kappa shape index (κ2) is 11.7. The average Bonchev–Trinajstić information content (AvgIpc) is 3.53. The summed E-state index contributed by atoms with van der Waals surface area (Å²) < 4.78 is 10.5. The summed E-state index contributed by atoms with van der Waals surface area (Å²) in [6, 6.07) is 23.1. The first kappa shape index (κ1) is 26.5. The summed E-state index contributed by atoms with van der Waals surface area (Å²) in [7, 11) is 1.99. The first-order chi connectivity index (χ1) is 18.8. The fourth-order valence-electron chi connectivity index (χ4n) is 5.12. The highest BCUT2D eigenvalue weighted by Crippen LogP contribution is 2.30.